The van der Waals surface area contributed by atoms with Crippen LogP contribution in [-0.4, -0.2) is 21.8 Å². The molecular formula is C14H17N3OS. The monoisotopic (exact) mass is 275 g/mol. The molecule has 0 aliphatic rings. The second-order valence-corrected chi connectivity index (χ2v) is 5.45. The Balaban J connectivity index is 2.19. The average Bonchev–Trinajstić information content (AvgIpc) is 2.80. The summed E-state index contributed by atoms with van der Waals surface area (Å²) in [6.07, 6.45) is 1.50. The number of aromatic nitrogens is 2. The van der Waals surface area contributed by atoms with Crippen molar-refractivity contribution >= 4 is 22.8 Å². The summed E-state index contributed by atoms with van der Waals surface area (Å²) in [6, 6.07) is 8.05. The van der Waals surface area contributed by atoms with E-state index in [9.17, 15) is 0 Å². The molecule has 1 aromatic carbocycles. The standard InChI is InChI=1S/C14H17N3OS/c1-3-11(7-8-15)19-14-16-12-6-5-10(18-4-2)9-13(12)17-14/h5-6,9,11H,3-4,7H2,1-2H3,(H,16,17). The Hall–Kier alpha value is -1.67. The lowest BCUT2D eigenvalue weighted by Gasteiger charge is -2.06. The average molecular weight is 275 g/mol. The minimum absolute atomic E-state index is 0.289. The highest BCUT2D eigenvalue weighted by molar-refractivity contribution is 7.99. The maximum Gasteiger partial charge on any atom is 0.166 e. The summed E-state index contributed by atoms with van der Waals surface area (Å²) < 4.78 is 5.47. The lowest BCUT2D eigenvalue weighted by atomic mass is 10.3. The third-order valence-corrected chi connectivity index (χ3v) is 4.05. The topological polar surface area (TPSA) is 61.7 Å². The number of H-pyrrole nitrogens is 1. The van der Waals surface area contributed by atoms with Gasteiger partial charge in [0.25, 0.3) is 0 Å². The molecule has 2 rings (SSSR count). The van der Waals surface area contributed by atoms with E-state index < -0.39 is 0 Å². The lowest BCUT2D eigenvalue weighted by Crippen LogP contribution is -1.99. The highest BCUT2D eigenvalue weighted by atomic mass is 32.2. The molecule has 4 nitrogen and oxygen atoms in total. The summed E-state index contributed by atoms with van der Waals surface area (Å²) in [5.41, 5.74) is 1.90. The number of thioether (sulfide) groups is 1. The van der Waals surface area contributed by atoms with E-state index in [-0.39, 0.29) is 5.25 Å². The fourth-order valence-electron chi connectivity index (χ4n) is 1.81. The van der Waals surface area contributed by atoms with Gasteiger partial charge in [0.1, 0.15) is 5.75 Å². The molecule has 0 spiro atoms. The molecule has 0 amide bonds. The van der Waals surface area contributed by atoms with Crippen LogP contribution in [0.5, 0.6) is 5.75 Å². The largest absolute Gasteiger partial charge is 0.494 e. The van der Waals surface area contributed by atoms with Crippen molar-refractivity contribution in [2.75, 3.05) is 6.61 Å². The molecule has 0 fully saturated rings. The minimum atomic E-state index is 0.289. The summed E-state index contributed by atoms with van der Waals surface area (Å²) in [5, 5.41) is 9.93. The van der Waals surface area contributed by atoms with Gasteiger partial charge in [0.2, 0.25) is 0 Å². The number of nitrogens with zero attached hydrogens (tertiary/aromatic N) is 2. The first kappa shape index (κ1) is 13.8. The van der Waals surface area contributed by atoms with Gasteiger partial charge in [-0.3, -0.25) is 0 Å². The molecule has 0 aliphatic heterocycles. The maximum atomic E-state index is 8.77. The van der Waals surface area contributed by atoms with Crippen molar-refractivity contribution in [3.05, 3.63) is 18.2 Å². The van der Waals surface area contributed by atoms with Gasteiger partial charge in [-0.2, -0.15) is 5.26 Å². The van der Waals surface area contributed by atoms with Crippen molar-refractivity contribution in [2.24, 2.45) is 0 Å². The third-order valence-electron chi connectivity index (χ3n) is 2.80. The number of benzene rings is 1. The number of imidazole rings is 1. The van der Waals surface area contributed by atoms with Gasteiger partial charge in [0.15, 0.2) is 5.16 Å². The van der Waals surface area contributed by atoms with Crippen molar-refractivity contribution < 1.29 is 4.74 Å². The summed E-state index contributed by atoms with van der Waals surface area (Å²) in [6.45, 7) is 4.71. The highest BCUT2D eigenvalue weighted by Crippen LogP contribution is 2.28. The van der Waals surface area contributed by atoms with Gasteiger partial charge in [-0.1, -0.05) is 18.7 Å². The number of aromatic amines is 1. The molecule has 0 radical (unpaired) electrons. The lowest BCUT2D eigenvalue weighted by molar-refractivity contribution is 0.340. The number of hydrogen-bond acceptors (Lipinski definition) is 4. The van der Waals surface area contributed by atoms with E-state index in [4.69, 9.17) is 10.00 Å². The number of nitrogens with one attached hydrogen (secondary N) is 1. The Bertz CT molecular complexity index is 588. The maximum absolute atomic E-state index is 8.77. The molecule has 0 aliphatic carbocycles. The second-order valence-electron chi connectivity index (χ2n) is 4.16. The Kier molecular flexibility index (Phi) is 4.69. The molecule has 2 aromatic rings. The molecule has 1 atom stereocenters. The van der Waals surface area contributed by atoms with E-state index in [0.717, 1.165) is 28.4 Å². The molecule has 0 bridgehead atoms. The molecular weight excluding hydrogens is 258 g/mol. The van der Waals surface area contributed by atoms with E-state index >= 15 is 0 Å². The summed E-state index contributed by atoms with van der Waals surface area (Å²) >= 11 is 1.63. The number of rotatable bonds is 6. The molecule has 0 saturated heterocycles. The molecule has 19 heavy (non-hydrogen) atoms. The predicted octanol–water partition coefficient (Wildman–Crippen LogP) is 3.75. The molecule has 0 saturated carbocycles. The van der Waals surface area contributed by atoms with E-state index in [0.29, 0.717) is 13.0 Å². The van der Waals surface area contributed by atoms with Gasteiger partial charge < -0.3 is 9.72 Å². The number of fused-ring (bicyclic) bond motifs is 1. The number of nitriles is 1. The first-order chi connectivity index (χ1) is 9.26. The van der Waals surface area contributed by atoms with Crippen LogP contribution >= 0.6 is 11.8 Å². The second kappa shape index (κ2) is 6.48. The Morgan fingerprint density at radius 2 is 2.32 bits per heavy atom. The number of ether oxygens (including phenoxy) is 1. The van der Waals surface area contributed by atoms with Crippen LogP contribution in [0.4, 0.5) is 0 Å². The quantitative estimate of drug-likeness (QED) is 0.816. The van der Waals surface area contributed by atoms with E-state index in [1.165, 1.54) is 0 Å². The number of hydrogen-bond donors (Lipinski definition) is 1. The molecule has 1 unspecified atom stereocenters. The molecule has 1 heterocycles. The normalized spacial score (nSPS) is 12.3. The van der Waals surface area contributed by atoms with Gasteiger partial charge >= 0.3 is 0 Å². The van der Waals surface area contributed by atoms with Crippen LogP contribution in [0.1, 0.15) is 26.7 Å². The zero-order chi connectivity index (χ0) is 13.7. The van der Waals surface area contributed by atoms with Crippen LogP contribution in [0.2, 0.25) is 0 Å². The van der Waals surface area contributed by atoms with E-state index in [1.54, 1.807) is 11.8 Å². The van der Waals surface area contributed by atoms with E-state index in [1.807, 2.05) is 25.1 Å². The molecule has 1 N–H and O–H groups in total. The summed E-state index contributed by atoms with van der Waals surface area (Å²) in [4.78, 5) is 7.81. The predicted molar refractivity (Wildman–Crippen MR) is 77.4 cm³/mol. The van der Waals surface area contributed by atoms with Gasteiger partial charge in [-0.05, 0) is 25.5 Å². The smallest absolute Gasteiger partial charge is 0.166 e. The first-order valence-corrected chi connectivity index (χ1v) is 7.31. The molecule has 5 heteroatoms. The van der Waals surface area contributed by atoms with Crippen LogP contribution in [0.25, 0.3) is 11.0 Å². The van der Waals surface area contributed by atoms with Crippen LogP contribution in [0, 0.1) is 11.3 Å². The highest BCUT2D eigenvalue weighted by Gasteiger charge is 2.11. The molecule has 100 valence electrons. The van der Waals surface area contributed by atoms with Crippen molar-refractivity contribution in [3.8, 4) is 11.8 Å². The van der Waals surface area contributed by atoms with Gasteiger partial charge in [0, 0.05) is 17.7 Å². The van der Waals surface area contributed by atoms with Crippen LogP contribution in [0.15, 0.2) is 23.4 Å². The van der Waals surface area contributed by atoms with E-state index in [2.05, 4.69) is 23.0 Å². The minimum Gasteiger partial charge on any atom is -0.494 e. The SMILES string of the molecule is CCOc1ccc2nc(SC(CC)CC#N)[nH]c2c1. The molecule has 1 aromatic heterocycles. The van der Waals surface area contributed by atoms with Crippen molar-refractivity contribution in [2.45, 2.75) is 37.1 Å². The van der Waals surface area contributed by atoms with Crippen LogP contribution in [0.3, 0.4) is 0 Å². The zero-order valence-corrected chi connectivity index (χ0v) is 12.0. The van der Waals surface area contributed by atoms with Gasteiger partial charge in [-0.25, -0.2) is 4.98 Å². The van der Waals surface area contributed by atoms with Crippen molar-refractivity contribution in [3.63, 3.8) is 0 Å². The summed E-state index contributed by atoms with van der Waals surface area (Å²) in [5.74, 6) is 0.847. The summed E-state index contributed by atoms with van der Waals surface area (Å²) in [7, 11) is 0. The van der Waals surface area contributed by atoms with Crippen LogP contribution in [-0.2, 0) is 0 Å². The Morgan fingerprint density at radius 3 is 3.00 bits per heavy atom. The Morgan fingerprint density at radius 1 is 1.47 bits per heavy atom. The first-order valence-electron chi connectivity index (χ1n) is 6.43. The zero-order valence-electron chi connectivity index (χ0n) is 11.1. The Labute approximate surface area is 117 Å². The fourth-order valence-corrected chi connectivity index (χ4v) is 2.77. The van der Waals surface area contributed by atoms with Gasteiger partial charge in [0.05, 0.1) is 23.7 Å². The van der Waals surface area contributed by atoms with Gasteiger partial charge in [-0.15, -0.1) is 0 Å². The fraction of sp³-hybridized carbons (Fsp3) is 0.429. The third kappa shape index (κ3) is 3.42. The van der Waals surface area contributed by atoms with Crippen molar-refractivity contribution in [1.29, 1.82) is 5.26 Å². The van der Waals surface area contributed by atoms with Crippen LogP contribution < -0.4 is 4.74 Å². The van der Waals surface area contributed by atoms with Crippen molar-refractivity contribution in [1.82, 2.24) is 9.97 Å².